The van der Waals surface area contributed by atoms with E-state index in [4.69, 9.17) is 4.74 Å². The summed E-state index contributed by atoms with van der Waals surface area (Å²) in [6.45, 7) is 3.54. The van der Waals surface area contributed by atoms with Gasteiger partial charge in [0.25, 0.3) is 0 Å². The first-order valence-corrected chi connectivity index (χ1v) is 7.01. The molecule has 0 aromatic heterocycles. The molecule has 0 aromatic carbocycles. The fourth-order valence-corrected chi connectivity index (χ4v) is 2.67. The lowest BCUT2D eigenvalue weighted by molar-refractivity contribution is -0.143. The van der Waals surface area contributed by atoms with Crippen LogP contribution >= 0.6 is 0 Å². The monoisotopic (exact) mass is 269 g/mol. The van der Waals surface area contributed by atoms with Crippen molar-refractivity contribution in [2.24, 2.45) is 0 Å². The summed E-state index contributed by atoms with van der Waals surface area (Å²) in [5, 5.41) is 3.28. The molecule has 0 radical (unpaired) electrons. The molecule has 0 spiro atoms. The zero-order valence-corrected chi connectivity index (χ0v) is 11.6. The zero-order valence-electron chi connectivity index (χ0n) is 11.6. The Hall–Kier alpha value is -1.14. The van der Waals surface area contributed by atoms with Crippen LogP contribution in [-0.2, 0) is 14.3 Å². The molecule has 108 valence electrons. The summed E-state index contributed by atoms with van der Waals surface area (Å²) in [5.74, 6) is 0.198. The summed E-state index contributed by atoms with van der Waals surface area (Å²) in [5.41, 5.74) is 0. The molecular formula is C13H23N3O3. The van der Waals surface area contributed by atoms with Crippen LogP contribution in [0.5, 0.6) is 0 Å². The number of nitrogens with one attached hydrogen (secondary N) is 1. The second-order valence-corrected chi connectivity index (χ2v) is 5.14. The fourth-order valence-electron chi connectivity index (χ4n) is 2.67. The number of piperidine rings is 1. The Kier molecular flexibility index (Phi) is 5.15. The SMILES string of the molecule is COCC(=O)N1CCN(C(=O)[C@@H]2CCCCN2)CC1. The van der Waals surface area contributed by atoms with Crippen LogP contribution in [0.1, 0.15) is 19.3 Å². The van der Waals surface area contributed by atoms with Gasteiger partial charge in [0.2, 0.25) is 11.8 Å². The molecule has 2 rings (SSSR count). The van der Waals surface area contributed by atoms with Gasteiger partial charge in [-0.2, -0.15) is 0 Å². The third-order valence-corrected chi connectivity index (χ3v) is 3.82. The van der Waals surface area contributed by atoms with Gasteiger partial charge in [-0.15, -0.1) is 0 Å². The first-order valence-electron chi connectivity index (χ1n) is 7.01. The molecule has 19 heavy (non-hydrogen) atoms. The van der Waals surface area contributed by atoms with Crippen molar-refractivity contribution in [3.63, 3.8) is 0 Å². The fraction of sp³-hybridized carbons (Fsp3) is 0.846. The van der Waals surface area contributed by atoms with Gasteiger partial charge in [0.1, 0.15) is 6.61 Å². The minimum absolute atomic E-state index is 0.00499. The van der Waals surface area contributed by atoms with Gasteiger partial charge in [-0.1, -0.05) is 6.42 Å². The average Bonchev–Trinajstić information content (AvgIpc) is 2.48. The Balaban J connectivity index is 1.79. The molecule has 2 amide bonds. The van der Waals surface area contributed by atoms with Crippen LogP contribution < -0.4 is 5.32 Å². The summed E-state index contributed by atoms with van der Waals surface area (Å²) >= 11 is 0. The Morgan fingerprint density at radius 1 is 1.16 bits per heavy atom. The number of hydrogen-bond donors (Lipinski definition) is 1. The number of nitrogens with zero attached hydrogens (tertiary/aromatic N) is 2. The molecule has 0 bridgehead atoms. The summed E-state index contributed by atoms with van der Waals surface area (Å²) in [6, 6.07) is -0.0185. The van der Waals surface area contributed by atoms with Crippen LogP contribution in [-0.4, -0.2) is 74.1 Å². The number of hydrogen-bond acceptors (Lipinski definition) is 4. The number of piperazine rings is 1. The largest absolute Gasteiger partial charge is 0.375 e. The topological polar surface area (TPSA) is 61.9 Å². The number of rotatable bonds is 3. The van der Waals surface area contributed by atoms with Gasteiger partial charge in [-0.05, 0) is 19.4 Å². The van der Waals surface area contributed by atoms with Crippen molar-refractivity contribution < 1.29 is 14.3 Å². The molecule has 0 unspecified atom stereocenters. The second-order valence-electron chi connectivity index (χ2n) is 5.14. The number of carbonyl (C=O) groups excluding carboxylic acids is 2. The van der Waals surface area contributed by atoms with Crippen LogP contribution in [0.3, 0.4) is 0 Å². The van der Waals surface area contributed by atoms with Gasteiger partial charge in [-0.25, -0.2) is 0 Å². The van der Waals surface area contributed by atoms with Crippen LogP contribution in [0.2, 0.25) is 0 Å². The van der Waals surface area contributed by atoms with E-state index in [-0.39, 0.29) is 24.5 Å². The minimum Gasteiger partial charge on any atom is -0.375 e. The van der Waals surface area contributed by atoms with Crippen LogP contribution in [0.4, 0.5) is 0 Å². The minimum atomic E-state index is -0.0185. The Bertz CT molecular complexity index is 321. The molecule has 1 N–H and O–H groups in total. The molecule has 0 aliphatic carbocycles. The highest BCUT2D eigenvalue weighted by molar-refractivity contribution is 5.82. The Labute approximate surface area is 114 Å². The summed E-state index contributed by atoms with van der Waals surface area (Å²) in [7, 11) is 1.52. The normalized spacial score (nSPS) is 24.4. The molecule has 2 heterocycles. The molecule has 2 aliphatic rings. The number of carbonyl (C=O) groups is 2. The maximum absolute atomic E-state index is 12.3. The highest BCUT2D eigenvalue weighted by atomic mass is 16.5. The number of methoxy groups -OCH3 is 1. The summed E-state index contributed by atoms with van der Waals surface area (Å²) < 4.78 is 4.84. The molecule has 2 aliphatic heterocycles. The molecular weight excluding hydrogens is 246 g/mol. The third kappa shape index (κ3) is 3.67. The van der Waals surface area contributed by atoms with Crippen LogP contribution in [0.15, 0.2) is 0 Å². The molecule has 6 heteroatoms. The number of amides is 2. The molecule has 6 nitrogen and oxygen atoms in total. The Morgan fingerprint density at radius 3 is 2.42 bits per heavy atom. The van der Waals surface area contributed by atoms with Crippen molar-refractivity contribution in [3.8, 4) is 0 Å². The predicted octanol–water partition coefficient (Wildman–Crippen LogP) is -0.554. The quantitative estimate of drug-likeness (QED) is 0.746. The average molecular weight is 269 g/mol. The van der Waals surface area contributed by atoms with Crippen molar-refractivity contribution in [1.82, 2.24) is 15.1 Å². The van der Waals surface area contributed by atoms with E-state index in [1.807, 2.05) is 4.90 Å². The van der Waals surface area contributed by atoms with E-state index in [2.05, 4.69) is 5.32 Å². The maximum atomic E-state index is 12.3. The smallest absolute Gasteiger partial charge is 0.248 e. The van der Waals surface area contributed by atoms with Crippen molar-refractivity contribution in [2.45, 2.75) is 25.3 Å². The molecule has 0 aromatic rings. The number of ether oxygens (including phenoxy) is 1. The standard InChI is InChI=1S/C13H23N3O3/c1-19-10-12(17)15-6-8-16(9-7-15)13(18)11-4-2-3-5-14-11/h11,14H,2-10H2,1H3/t11-/m0/s1. The third-order valence-electron chi connectivity index (χ3n) is 3.82. The zero-order chi connectivity index (χ0) is 13.7. The van der Waals surface area contributed by atoms with Gasteiger partial charge >= 0.3 is 0 Å². The van der Waals surface area contributed by atoms with E-state index in [1.165, 1.54) is 7.11 Å². The van der Waals surface area contributed by atoms with E-state index in [1.54, 1.807) is 4.90 Å². The molecule has 2 fully saturated rings. The van der Waals surface area contributed by atoms with Crippen LogP contribution in [0, 0.1) is 0 Å². The molecule has 0 saturated carbocycles. The lowest BCUT2D eigenvalue weighted by Crippen LogP contribution is -2.56. The predicted molar refractivity (Wildman–Crippen MR) is 70.7 cm³/mol. The lowest BCUT2D eigenvalue weighted by atomic mass is 10.0. The second kappa shape index (κ2) is 6.86. The van der Waals surface area contributed by atoms with Crippen molar-refractivity contribution in [1.29, 1.82) is 0 Å². The summed E-state index contributed by atoms with van der Waals surface area (Å²) in [6.07, 6.45) is 3.21. The Morgan fingerprint density at radius 2 is 1.84 bits per heavy atom. The molecule has 1 atom stereocenters. The van der Waals surface area contributed by atoms with Gasteiger partial charge in [0.05, 0.1) is 6.04 Å². The van der Waals surface area contributed by atoms with Gasteiger partial charge in [0, 0.05) is 33.3 Å². The van der Waals surface area contributed by atoms with E-state index < -0.39 is 0 Å². The van der Waals surface area contributed by atoms with Gasteiger partial charge in [-0.3, -0.25) is 9.59 Å². The van der Waals surface area contributed by atoms with Crippen molar-refractivity contribution >= 4 is 11.8 Å². The molecule has 2 saturated heterocycles. The van der Waals surface area contributed by atoms with Gasteiger partial charge < -0.3 is 19.9 Å². The van der Waals surface area contributed by atoms with E-state index in [9.17, 15) is 9.59 Å². The van der Waals surface area contributed by atoms with Gasteiger partial charge in [0.15, 0.2) is 0 Å². The van der Waals surface area contributed by atoms with E-state index in [0.29, 0.717) is 26.2 Å². The first-order chi connectivity index (χ1) is 9.22. The maximum Gasteiger partial charge on any atom is 0.248 e. The summed E-state index contributed by atoms with van der Waals surface area (Å²) in [4.78, 5) is 27.6. The van der Waals surface area contributed by atoms with Crippen molar-refractivity contribution in [2.75, 3.05) is 46.4 Å². The lowest BCUT2D eigenvalue weighted by Gasteiger charge is -2.37. The van der Waals surface area contributed by atoms with E-state index in [0.717, 1.165) is 25.8 Å². The van der Waals surface area contributed by atoms with E-state index >= 15 is 0 Å². The van der Waals surface area contributed by atoms with Crippen molar-refractivity contribution in [3.05, 3.63) is 0 Å². The first kappa shape index (κ1) is 14.3. The highest BCUT2D eigenvalue weighted by Gasteiger charge is 2.29. The highest BCUT2D eigenvalue weighted by Crippen LogP contribution is 2.12. The van der Waals surface area contributed by atoms with Crippen LogP contribution in [0.25, 0.3) is 0 Å².